The van der Waals surface area contributed by atoms with Crippen LogP contribution in [0.3, 0.4) is 0 Å². The van der Waals surface area contributed by atoms with Crippen molar-refractivity contribution < 1.29 is 24.6 Å². The summed E-state index contributed by atoms with van der Waals surface area (Å²) in [5.74, 6) is -1.89. The van der Waals surface area contributed by atoms with Gasteiger partial charge in [-0.1, -0.05) is 12.1 Å². The molecule has 4 N–H and O–H groups in total. The van der Waals surface area contributed by atoms with Crippen LogP contribution in [0.1, 0.15) is 37.4 Å². The van der Waals surface area contributed by atoms with Crippen molar-refractivity contribution in [3.63, 3.8) is 0 Å². The number of benzene rings is 1. The van der Waals surface area contributed by atoms with Gasteiger partial charge in [0.05, 0.1) is 9.75 Å². The van der Waals surface area contributed by atoms with Crippen molar-refractivity contribution in [1.29, 1.82) is 0 Å². The molecule has 7 nitrogen and oxygen atoms in total. The van der Waals surface area contributed by atoms with Crippen LogP contribution in [0.4, 0.5) is 0 Å². The van der Waals surface area contributed by atoms with Crippen LogP contribution in [0.5, 0.6) is 5.75 Å². The van der Waals surface area contributed by atoms with Gasteiger partial charge in [0.1, 0.15) is 11.8 Å². The number of hydrogen-bond donors (Lipinski definition) is 4. The molecular formula is C17H18N2O5S. The van der Waals surface area contributed by atoms with Crippen molar-refractivity contribution in [2.24, 2.45) is 0 Å². The number of hydrogen-bond acceptors (Lipinski definition) is 5. The van der Waals surface area contributed by atoms with Crippen molar-refractivity contribution in [3.8, 4) is 5.75 Å². The maximum Gasteiger partial charge on any atom is 0.325 e. The van der Waals surface area contributed by atoms with Crippen LogP contribution in [0, 0.1) is 6.92 Å². The lowest BCUT2D eigenvalue weighted by atomic mass is 10.2. The Morgan fingerprint density at radius 1 is 1.20 bits per heavy atom. The number of carbonyl (C=O) groups is 3. The van der Waals surface area contributed by atoms with Gasteiger partial charge in [0.25, 0.3) is 11.8 Å². The average Bonchev–Trinajstić information content (AvgIpc) is 2.94. The molecule has 8 heteroatoms. The molecule has 1 atom stereocenters. The van der Waals surface area contributed by atoms with Crippen molar-refractivity contribution in [3.05, 3.63) is 51.2 Å². The molecule has 2 amide bonds. The van der Waals surface area contributed by atoms with Crippen molar-refractivity contribution in [1.82, 2.24) is 10.6 Å². The smallest absolute Gasteiger partial charge is 0.325 e. The van der Waals surface area contributed by atoms with Gasteiger partial charge in [0, 0.05) is 6.54 Å². The third-order valence-electron chi connectivity index (χ3n) is 3.43. The lowest BCUT2D eigenvalue weighted by molar-refractivity contribution is -0.138. The number of nitrogens with one attached hydrogen (secondary N) is 2. The number of aryl methyl sites for hydroxylation is 1. The standard InChI is InChI=1S/C17H18N2O5S/c1-9-6-13(25-14(9)16(22)19-10(2)17(23)24)15(21)18-8-11-4-3-5-12(20)7-11/h3-7,10,20H,8H2,1-2H3,(H,18,21)(H,19,22)(H,23,24). The molecule has 0 aliphatic heterocycles. The molecule has 2 rings (SSSR count). The van der Waals surface area contributed by atoms with E-state index in [9.17, 15) is 19.5 Å². The lowest BCUT2D eigenvalue weighted by Gasteiger charge is -2.08. The van der Waals surface area contributed by atoms with E-state index in [1.165, 1.54) is 13.0 Å². The van der Waals surface area contributed by atoms with Gasteiger partial charge in [-0.15, -0.1) is 11.3 Å². The molecule has 0 aliphatic carbocycles. The van der Waals surface area contributed by atoms with E-state index < -0.39 is 17.9 Å². The van der Waals surface area contributed by atoms with Crippen LogP contribution in [-0.4, -0.2) is 34.0 Å². The molecular weight excluding hydrogens is 344 g/mol. The molecule has 0 saturated heterocycles. The Balaban J connectivity index is 2.04. The fraction of sp³-hybridized carbons (Fsp3) is 0.235. The molecule has 132 valence electrons. The Hall–Kier alpha value is -2.87. The first-order valence-corrected chi connectivity index (χ1v) is 8.29. The third-order valence-corrected chi connectivity index (χ3v) is 4.66. The summed E-state index contributed by atoms with van der Waals surface area (Å²) in [4.78, 5) is 35.8. The zero-order chi connectivity index (χ0) is 18.6. The maximum atomic E-state index is 12.2. The number of phenolic OH excluding ortho intramolecular Hbond substituents is 1. The fourth-order valence-corrected chi connectivity index (χ4v) is 3.07. The molecule has 1 aromatic carbocycles. The van der Waals surface area contributed by atoms with Crippen molar-refractivity contribution >= 4 is 29.1 Å². The largest absolute Gasteiger partial charge is 0.508 e. The molecule has 25 heavy (non-hydrogen) atoms. The molecule has 2 aromatic rings. The second kappa shape index (κ2) is 7.80. The van der Waals surface area contributed by atoms with Crippen LogP contribution in [0.15, 0.2) is 30.3 Å². The van der Waals surface area contributed by atoms with Gasteiger partial charge >= 0.3 is 5.97 Å². The van der Waals surface area contributed by atoms with Gasteiger partial charge in [-0.05, 0) is 43.2 Å². The molecule has 0 saturated carbocycles. The molecule has 0 radical (unpaired) electrons. The Kier molecular flexibility index (Phi) is 5.76. The normalized spacial score (nSPS) is 11.6. The van der Waals surface area contributed by atoms with E-state index >= 15 is 0 Å². The zero-order valence-electron chi connectivity index (χ0n) is 13.7. The number of thiophene rings is 1. The number of amides is 2. The van der Waals surface area contributed by atoms with E-state index in [0.717, 1.165) is 16.9 Å². The Morgan fingerprint density at radius 2 is 1.92 bits per heavy atom. The minimum Gasteiger partial charge on any atom is -0.508 e. The topological polar surface area (TPSA) is 116 Å². The zero-order valence-corrected chi connectivity index (χ0v) is 14.5. The van der Waals surface area contributed by atoms with Gasteiger partial charge in [0.15, 0.2) is 0 Å². The summed E-state index contributed by atoms with van der Waals surface area (Å²) in [7, 11) is 0. The van der Waals surface area contributed by atoms with Crippen LogP contribution in [0.25, 0.3) is 0 Å². The summed E-state index contributed by atoms with van der Waals surface area (Å²) in [6.45, 7) is 3.29. The van der Waals surface area contributed by atoms with E-state index in [4.69, 9.17) is 5.11 Å². The van der Waals surface area contributed by atoms with Crippen molar-refractivity contribution in [2.45, 2.75) is 26.4 Å². The highest BCUT2D eigenvalue weighted by Crippen LogP contribution is 2.22. The predicted molar refractivity (Wildman–Crippen MR) is 92.9 cm³/mol. The Labute approximate surface area is 148 Å². The molecule has 1 aromatic heterocycles. The van der Waals surface area contributed by atoms with Crippen LogP contribution < -0.4 is 10.6 Å². The molecule has 1 heterocycles. The maximum absolute atomic E-state index is 12.2. The molecule has 1 unspecified atom stereocenters. The first-order valence-electron chi connectivity index (χ1n) is 7.48. The summed E-state index contributed by atoms with van der Waals surface area (Å²) in [6.07, 6.45) is 0. The number of aliphatic carboxylic acids is 1. The van der Waals surface area contributed by atoms with Gasteiger partial charge in [0.2, 0.25) is 0 Å². The summed E-state index contributed by atoms with van der Waals surface area (Å²) >= 11 is 1.00. The molecule has 0 aliphatic rings. The number of phenols is 1. The molecule has 0 spiro atoms. The first-order chi connectivity index (χ1) is 11.8. The van der Waals surface area contributed by atoms with Crippen LogP contribution >= 0.6 is 11.3 Å². The van der Waals surface area contributed by atoms with E-state index in [1.807, 2.05) is 0 Å². The number of aromatic hydroxyl groups is 1. The van der Waals surface area contributed by atoms with E-state index in [2.05, 4.69) is 10.6 Å². The number of carboxylic acid groups (broad SMARTS) is 1. The van der Waals surface area contributed by atoms with Gasteiger partial charge in [-0.3, -0.25) is 14.4 Å². The quantitative estimate of drug-likeness (QED) is 0.626. The minimum absolute atomic E-state index is 0.116. The molecule has 0 bridgehead atoms. The summed E-state index contributed by atoms with van der Waals surface area (Å²) < 4.78 is 0. The second-order valence-electron chi connectivity index (χ2n) is 5.51. The van der Waals surface area contributed by atoms with E-state index in [1.54, 1.807) is 31.2 Å². The Bertz CT molecular complexity index is 815. The number of rotatable bonds is 6. The summed E-state index contributed by atoms with van der Waals surface area (Å²) in [6, 6.07) is 7.10. The number of carbonyl (C=O) groups excluding carboxylic acids is 2. The van der Waals surface area contributed by atoms with E-state index in [0.29, 0.717) is 15.3 Å². The van der Waals surface area contributed by atoms with E-state index in [-0.39, 0.29) is 18.2 Å². The Morgan fingerprint density at radius 3 is 2.56 bits per heavy atom. The minimum atomic E-state index is -1.13. The first kappa shape index (κ1) is 18.5. The highest BCUT2D eigenvalue weighted by molar-refractivity contribution is 7.16. The van der Waals surface area contributed by atoms with Gasteiger partial charge in [-0.2, -0.15) is 0 Å². The molecule has 0 fully saturated rings. The highest BCUT2D eigenvalue weighted by Gasteiger charge is 2.20. The average molecular weight is 362 g/mol. The fourth-order valence-electron chi connectivity index (χ4n) is 2.08. The predicted octanol–water partition coefficient (Wildman–Crippen LogP) is 1.90. The van der Waals surface area contributed by atoms with Crippen molar-refractivity contribution in [2.75, 3.05) is 0 Å². The van der Waals surface area contributed by atoms with Crippen LogP contribution in [0.2, 0.25) is 0 Å². The SMILES string of the molecule is Cc1cc(C(=O)NCc2cccc(O)c2)sc1C(=O)NC(C)C(=O)O. The van der Waals surface area contributed by atoms with Crippen LogP contribution in [-0.2, 0) is 11.3 Å². The van der Waals surface area contributed by atoms with Gasteiger partial charge in [-0.25, -0.2) is 0 Å². The summed E-state index contributed by atoms with van der Waals surface area (Å²) in [5, 5.41) is 23.3. The summed E-state index contributed by atoms with van der Waals surface area (Å²) in [5.41, 5.74) is 1.34. The lowest BCUT2D eigenvalue weighted by Crippen LogP contribution is -2.38. The second-order valence-corrected chi connectivity index (χ2v) is 6.56. The van der Waals surface area contributed by atoms with Gasteiger partial charge < -0.3 is 20.8 Å². The highest BCUT2D eigenvalue weighted by atomic mass is 32.1. The monoisotopic (exact) mass is 362 g/mol. The third kappa shape index (κ3) is 4.80. The number of carboxylic acids is 1.